The lowest BCUT2D eigenvalue weighted by molar-refractivity contribution is 0.194. The Kier molecular flexibility index (Phi) is 3.99. The fraction of sp³-hybridized carbons (Fsp3) is 1.00. The van der Waals surface area contributed by atoms with Gasteiger partial charge < -0.3 is 5.32 Å². The van der Waals surface area contributed by atoms with Gasteiger partial charge in [0.05, 0.1) is 0 Å². The van der Waals surface area contributed by atoms with Gasteiger partial charge in [-0.15, -0.1) is 0 Å². The van der Waals surface area contributed by atoms with Crippen LogP contribution in [0.1, 0.15) is 25.7 Å². The Bertz CT molecular complexity index is 347. The minimum absolute atomic E-state index is 0.232. The monoisotopic (exact) mass is 268 g/mol. The van der Waals surface area contributed by atoms with Crippen molar-refractivity contribution in [3.05, 3.63) is 0 Å². The van der Waals surface area contributed by atoms with Crippen LogP contribution in [0.3, 0.4) is 0 Å². The maximum Gasteiger partial charge on any atom is 0.350 e. The number of nitrogens with one attached hydrogen (secondary N) is 1. The van der Waals surface area contributed by atoms with E-state index < -0.39 is 15.8 Å². The molecule has 7 heteroatoms. The van der Waals surface area contributed by atoms with Gasteiger partial charge in [0.25, 0.3) is 10.0 Å². The Morgan fingerprint density at radius 3 is 2.29 bits per heavy atom. The van der Waals surface area contributed by atoms with Gasteiger partial charge in [0, 0.05) is 19.1 Å². The molecular formula is C10H18F2N2O2S. The van der Waals surface area contributed by atoms with Crippen LogP contribution in [0, 0.1) is 5.92 Å². The molecule has 17 heavy (non-hydrogen) atoms. The summed E-state index contributed by atoms with van der Waals surface area (Å²) in [5.74, 6) is -2.86. The zero-order valence-electron chi connectivity index (χ0n) is 9.61. The molecule has 1 N–H and O–H groups in total. The highest BCUT2D eigenvalue weighted by Gasteiger charge is 2.36. The van der Waals surface area contributed by atoms with Gasteiger partial charge in [0.15, 0.2) is 0 Å². The summed E-state index contributed by atoms with van der Waals surface area (Å²) in [6.07, 6.45) is 3.64. The molecule has 0 aliphatic carbocycles. The molecule has 0 bridgehead atoms. The van der Waals surface area contributed by atoms with Gasteiger partial charge in [-0.05, 0) is 38.1 Å². The fourth-order valence-electron chi connectivity index (χ4n) is 2.76. The second-order valence-corrected chi connectivity index (χ2v) is 6.65. The summed E-state index contributed by atoms with van der Waals surface area (Å²) in [6.45, 7) is 1.48. The highest BCUT2D eigenvalue weighted by atomic mass is 32.2. The third kappa shape index (κ3) is 2.77. The molecule has 0 spiro atoms. The predicted molar refractivity (Wildman–Crippen MR) is 60.2 cm³/mol. The summed E-state index contributed by atoms with van der Waals surface area (Å²) in [5, 5.41) is 3.39. The topological polar surface area (TPSA) is 49.4 Å². The molecule has 2 aliphatic heterocycles. The molecule has 100 valence electrons. The third-order valence-corrected chi connectivity index (χ3v) is 5.29. The van der Waals surface area contributed by atoms with E-state index in [0.29, 0.717) is 24.8 Å². The maximum absolute atomic E-state index is 12.4. The Labute approximate surface area is 100 Å². The molecule has 0 amide bonds. The van der Waals surface area contributed by atoms with Crippen LogP contribution in [0.5, 0.6) is 0 Å². The van der Waals surface area contributed by atoms with Crippen molar-refractivity contribution in [2.24, 2.45) is 5.92 Å². The maximum atomic E-state index is 12.4. The SMILES string of the molecule is O=S(=O)(C(F)F)N1CCC(C2CCCN2)CC1. The Morgan fingerprint density at radius 1 is 1.18 bits per heavy atom. The van der Waals surface area contributed by atoms with E-state index in [9.17, 15) is 17.2 Å². The minimum atomic E-state index is -4.37. The third-order valence-electron chi connectivity index (χ3n) is 3.75. The molecule has 0 saturated carbocycles. The van der Waals surface area contributed by atoms with Crippen molar-refractivity contribution >= 4 is 10.0 Å². The van der Waals surface area contributed by atoms with Gasteiger partial charge in [-0.1, -0.05) is 0 Å². The molecule has 2 saturated heterocycles. The lowest BCUT2D eigenvalue weighted by atomic mass is 9.89. The van der Waals surface area contributed by atoms with E-state index in [2.05, 4.69) is 5.32 Å². The van der Waals surface area contributed by atoms with Gasteiger partial charge >= 0.3 is 5.76 Å². The minimum Gasteiger partial charge on any atom is -0.314 e. The number of nitrogens with zero attached hydrogens (tertiary/aromatic N) is 1. The number of hydrogen-bond acceptors (Lipinski definition) is 3. The second kappa shape index (κ2) is 5.16. The largest absolute Gasteiger partial charge is 0.350 e. The van der Waals surface area contributed by atoms with Crippen LogP contribution in [0.2, 0.25) is 0 Å². The summed E-state index contributed by atoms with van der Waals surface area (Å²) in [4.78, 5) is 0. The van der Waals surface area contributed by atoms with E-state index in [1.54, 1.807) is 0 Å². The number of halogens is 2. The standard InChI is InChI=1S/C10H18F2N2O2S/c11-10(12)17(15,16)14-6-3-8(4-7-14)9-2-1-5-13-9/h8-10,13H,1-7H2. The molecule has 0 aromatic carbocycles. The molecule has 2 fully saturated rings. The van der Waals surface area contributed by atoms with Gasteiger partial charge in [-0.2, -0.15) is 13.1 Å². The average molecular weight is 268 g/mol. The van der Waals surface area contributed by atoms with Crippen LogP contribution in [0.25, 0.3) is 0 Å². The first-order valence-electron chi connectivity index (χ1n) is 6.02. The Morgan fingerprint density at radius 2 is 1.82 bits per heavy atom. The number of rotatable bonds is 3. The quantitative estimate of drug-likeness (QED) is 0.831. The van der Waals surface area contributed by atoms with Crippen molar-refractivity contribution in [2.45, 2.75) is 37.5 Å². The summed E-state index contributed by atoms with van der Waals surface area (Å²) >= 11 is 0. The van der Waals surface area contributed by atoms with E-state index >= 15 is 0 Å². The van der Waals surface area contributed by atoms with Crippen LogP contribution in [-0.4, -0.2) is 44.2 Å². The molecule has 2 rings (SSSR count). The lowest BCUT2D eigenvalue weighted by Crippen LogP contribution is -2.44. The van der Waals surface area contributed by atoms with Crippen molar-refractivity contribution in [2.75, 3.05) is 19.6 Å². The zero-order valence-corrected chi connectivity index (χ0v) is 10.4. The van der Waals surface area contributed by atoms with Crippen LogP contribution >= 0.6 is 0 Å². The van der Waals surface area contributed by atoms with Gasteiger partial charge in [-0.25, -0.2) is 8.42 Å². The van der Waals surface area contributed by atoms with Crippen molar-refractivity contribution in [1.29, 1.82) is 0 Å². The number of hydrogen-bond donors (Lipinski definition) is 1. The molecule has 0 radical (unpaired) electrons. The lowest BCUT2D eigenvalue weighted by Gasteiger charge is -2.33. The molecule has 2 heterocycles. The summed E-state index contributed by atoms with van der Waals surface area (Å²) in [5.41, 5.74) is 0. The molecule has 2 aliphatic rings. The number of alkyl halides is 2. The Hall–Kier alpha value is -0.270. The second-order valence-electron chi connectivity index (χ2n) is 4.74. The van der Waals surface area contributed by atoms with E-state index in [1.807, 2.05) is 0 Å². The van der Waals surface area contributed by atoms with E-state index in [1.165, 1.54) is 0 Å². The zero-order chi connectivity index (χ0) is 12.5. The highest BCUT2D eigenvalue weighted by molar-refractivity contribution is 7.89. The molecule has 1 atom stereocenters. The van der Waals surface area contributed by atoms with Crippen LogP contribution in [0.4, 0.5) is 8.78 Å². The van der Waals surface area contributed by atoms with Crippen LogP contribution in [-0.2, 0) is 10.0 Å². The summed E-state index contributed by atoms with van der Waals surface area (Å²) in [6, 6.07) is 0.450. The first-order chi connectivity index (χ1) is 8.01. The molecule has 0 aromatic rings. The highest BCUT2D eigenvalue weighted by Crippen LogP contribution is 2.27. The summed E-state index contributed by atoms with van der Waals surface area (Å²) < 4.78 is 48.2. The summed E-state index contributed by atoms with van der Waals surface area (Å²) in [7, 11) is -4.37. The molecule has 1 unspecified atom stereocenters. The molecular weight excluding hydrogens is 250 g/mol. The normalized spacial score (nSPS) is 29.0. The van der Waals surface area contributed by atoms with Crippen molar-refractivity contribution < 1.29 is 17.2 Å². The van der Waals surface area contributed by atoms with Gasteiger partial charge in [-0.3, -0.25) is 0 Å². The smallest absolute Gasteiger partial charge is 0.314 e. The Balaban J connectivity index is 1.89. The number of sulfonamides is 1. The van der Waals surface area contributed by atoms with E-state index in [-0.39, 0.29) is 13.1 Å². The van der Waals surface area contributed by atoms with E-state index in [4.69, 9.17) is 0 Å². The predicted octanol–water partition coefficient (Wildman–Crippen LogP) is 1.00. The van der Waals surface area contributed by atoms with Gasteiger partial charge in [0.2, 0.25) is 0 Å². The molecule has 0 aromatic heterocycles. The molecule has 4 nitrogen and oxygen atoms in total. The van der Waals surface area contributed by atoms with Crippen molar-refractivity contribution in [3.8, 4) is 0 Å². The first kappa shape index (κ1) is 13.2. The first-order valence-corrected chi connectivity index (χ1v) is 7.52. The van der Waals surface area contributed by atoms with Gasteiger partial charge in [0.1, 0.15) is 0 Å². The van der Waals surface area contributed by atoms with Crippen molar-refractivity contribution in [1.82, 2.24) is 9.62 Å². The van der Waals surface area contributed by atoms with Crippen LogP contribution in [0.15, 0.2) is 0 Å². The number of piperidine rings is 1. The fourth-order valence-corrected chi connectivity index (χ4v) is 3.70. The van der Waals surface area contributed by atoms with E-state index in [0.717, 1.165) is 23.7 Å². The van der Waals surface area contributed by atoms with Crippen molar-refractivity contribution in [3.63, 3.8) is 0 Å². The average Bonchev–Trinajstić information content (AvgIpc) is 2.82. The van der Waals surface area contributed by atoms with Crippen LogP contribution < -0.4 is 5.32 Å².